The van der Waals surface area contributed by atoms with Crippen LogP contribution < -0.4 is 15.9 Å². The molecule has 0 aliphatic heterocycles. The fourth-order valence-electron chi connectivity index (χ4n) is 6.07. The van der Waals surface area contributed by atoms with Crippen LogP contribution in [0.25, 0.3) is 0 Å². The fourth-order valence-corrected chi connectivity index (χ4v) is 9.22. The van der Waals surface area contributed by atoms with Crippen LogP contribution in [0.2, 0.25) is 0 Å². The zero-order valence-corrected chi connectivity index (χ0v) is 29.6. The van der Waals surface area contributed by atoms with E-state index in [-0.39, 0.29) is 18.1 Å². The second-order valence-corrected chi connectivity index (χ2v) is 15.0. The largest absolute Gasteiger partial charge is 0.309 e. The Kier molecular flexibility index (Phi) is 11.2. The van der Waals surface area contributed by atoms with Gasteiger partial charge in [-0.25, -0.2) is 0 Å². The fraction of sp³-hybridized carbons (Fsp3) is 0.133. The highest BCUT2D eigenvalue weighted by Gasteiger charge is 2.35. The molecule has 0 aliphatic rings. The first-order valence-corrected chi connectivity index (χ1v) is 18.8. The van der Waals surface area contributed by atoms with Gasteiger partial charge in [0, 0.05) is 51.2 Å². The molecule has 0 radical (unpaired) electrons. The van der Waals surface area contributed by atoms with Gasteiger partial charge in [0.1, 0.15) is 0 Å². The molecule has 50 heavy (non-hydrogen) atoms. The Hall–Kier alpha value is -5.44. The summed E-state index contributed by atoms with van der Waals surface area (Å²) >= 11 is 0. The maximum Gasteiger partial charge on any atom is 0.172 e. The van der Waals surface area contributed by atoms with Crippen molar-refractivity contribution in [1.82, 2.24) is 0 Å². The molecule has 0 saturated carbocycles. The summed E-state index contributed by atoms with van der Waals surface area (Å²) in [5.41, 5.74) is 5.79. The van der Waals surface area contributed by atoms with Gasteiger partial charge in [-0.05, 0) is 37.5 Å². The van der Waals surface area contributed by atoms with Crippen molar-refractivity contribution in [3.63, 3.8) is 0 Å². The minimum atomic E-state index is -3.56. The zero-order valence-electron chi connectivity index (χ0n) is 28.7. The summed E-state index contributed by atoms with van der Waals surface area (Å²) in [6.07, 6.45) is 5.63. The van der Waals surface area contributed by atoms with Crippen molar-refractivity contribution in [2.75, 3.05) is 0 Å². The van der Waals surface area contributed by atoms with E-state index in [1.165, 1.54) is 0 Å². The van der Waals surface area contributed by atoms with E-state index in [2.05, 4.69) is 57.2 Å². The lowest BCUT2D eigenvalue weighted by atomic mass is 10.1. The van der Waals surface area contributed by atoms with Gasteiger partial charge < -0.3 is 4.57 Å². The van der Waals surface area contributed by atoms with Gasteiger partial charge in [-0.15, -0.1) is 0 Å². The van der Waals surface area contributed by atoms with Crippen LogP contribution in [0.1, 0.15) is 72.3 Å². The predicted molar refractivity (Wildman–Crippen MR) is 213 cm³/mol. The van der Waals surface area contributed by atoms with Crippen LogP contribution in [0.5, 0.6) is 0 Å². The summed E-state index contributed by atoms with van der Waals surface area (Å²) in [7, 11) is -3.56. The summed E-state index contributed by atoms with van der Waals surface area (Å²) in [4.78, 5) is 14.9. The third kappa shape index (κ3) is 7.88. The van der Waals surface area contributed by atoms with E-state index in [0.717, 1.165) is 49.3 Å². The monoisotopic (exact) mass is 671 g/mol. The quantitative estimate of drug-likeness (QED) is 0.0944. The molecule has 0 amide bonds. The molecule has 6 rings (SSSR count). The Balaban J connectivity index is 1.51. The number of aliphatic imine (C=N–C) groups is 3. The van der Waals surface area contributed by atoms with E-state index in [9.17, 15) is 0 Å². The van der Waals surface area contributed by atoms with E-state index in [1.807, 2.05) is 146 Å². The molecule has 0 spiro atoms. The molecule has 0 bridgehead atoms. The average molecular weight is 672 g/mol. The Morgan fingerprint density at radius 3 is 0.900 bits per heavy atom. The molecule has 0 N–H and O–H groups in total. The van der Waals surface area contributed by atoms with E-state index >= 15 is 4.57 Å². The first-order valence-electron chi connectivity index (χ1n) is 17.1. The first kappa shape index (κ1) is 34.4. The third-order valence-corrected chi connectivity index (χ3v) is 12.2. The first-order chi connectivity index (χ1) is 24.4. The number of rotatable bonds is 12. The van der Waals surface area contributed by atoms with E-state index in [4.69, 9.17) is 15.0 Å². The Labute approximate surface area is 296 Å². The molecule has 6 aromatic rings. The van der Waals surface area contributed by atoms with Crippen LogP contribution in [0, 0.1) is 0 Å². The van der Waals surface area contributed by atoms with Gasteiger partial charge in [-0.2, -0.15) is 0 Å². The third-order valence-electron chi connectivity index (χ3n) is 8.99. The van der Waals surface area contributed by atoms with Crippen molar-refractivity contribution < 1.29 is 4.57 Å². The maximum atomic E-state index is 16.4. The van der Waals surface area contributed by atoms with Crippen LogP contribution in [0.15, 0.2) is 179 Å². The summed E-state index contributed by atoms with van der Waals surface area (Å²) in [5, 5.41) is 2.16. The van der Waals surface area contributed by atoms with Crippen LogP contribution in [-0.2, 0) is 4.57 Å². The minimum Gasteiger partial charge on any atom is -0.309 e. The SMILES string of the molecule is C[C@H](N=Cc1ccccc1P(=O)(c1ccccc1C=N[C@@H](C)c1ccccc1)c1ccccc1C=N[C@@H](C)c1ccccc1)c1ccccc1. The highest BCUT2D eigenvalue weighted by atomic mass is 31.2. The maximum absolute atomic E-state index is 16.4. The van der Waals surface area contributed by atoms with Gasteiger partial charge in [-0.3, -0.25) is 15.0 Å². The van der Waals surface area contributed by atoms with Gasteiger partial charge in [0.15, 0.2) is 7.14 Å². The lowest BCUT2D eigenvalue weighted by Crippen LogP contribution is -2.31. The van der Waals surface area contributed by atoms with Crippen molar-refractivity contribution in [2.45, 2.75) is 38.9 Å². The number of benzene rings is 6. The summed E-state index contributed by atoms with van der Waals surface area (Å²) in [6.45, 7) is 6.23. The molecule has 3 atom stereocenters. The molecule has 0 unspecified atom stereocenters. The Morgan fingerprint density at radius 1 is 0.380 bits per heavy atom. The van der Waals surface area contributed by atoms with Gasteiger partial charge in [0.05, 0.1) is 18.1 Å². The molecule has 0 aromatic heterocycles. The minimum absolute atomic E-state index is 0.0681. The molecule has 0 aliphatic carbocycles. The average Bonchev–Trinajstić information content (AvgIpc) is 3.19. The molecular formula is C45H42N3OP. The topological polar surface area (TPSA) is 54.1 Å². The smallest absolute Gasteiger partial charge is 0.172 e. The molecule has 248 valence electrons. The molecule has 0 saturated heterocycles. The van der Waals surface area contributed by atoms with Crippen LogP contribution in [0.3, 0.4) is 0 Å². The Morgan fingerprint density at radius 2 is 0.620 bits per heavy atom. The van der Waals surface area contributed by atoms with Gasteiger partial charge in [0.25, 0.3) is 0 Å². The van der Waals surface area contributed by atoms with Gasteiger partial charge in [0.2, 0.25) is 0 Å². The molecular weight excluding hydrogens is 629 g/mol. The van der Waals surface area contributed by atoms with E-state index < -0.39 is 7.14 Å². The second kappa shape index (κ2) is 16.3. The summed E-state index contributed by atoms with van der Waals surface area (Å²) in [5.74, 6) is 0. The van der Waals surface area contributed by atoms with Gasteiger partial charge in [-0.1, -0.05) is 164 Å². The molecule has 0 fully saturated rings. The van der Waals surface area contributed by atoms with Crippen LogP contribution in [-0.4, -0.2) is 18.6 Å². The molecule has 0 heterocycles. The van der Waals surface area contributed by atoms with Gasteiger partial charge >= 0.3 is 0 Å². The number of hydrogen-bond donors (Lipinski definition) is 0. The van der Waals surface area contributed by atoms with Crippen molar-refractivity contribution in [3.8, 4) is 0 Å². The van der Waals surface area contributed by atoms with E-state index in [1.54, 1.807) is 0 Å². The van der Waals surface area contributed by atoms with E-state index in [0.29, 0.717) is 0 Å². The number of nitrogens with zero attached hydrogens (tertiary/aromatic N) is 3. The highest BCUT2D eigenvalue weighted by molar-refractivity contribution is 7.85. The normalized spacial score (nSPS) is 14.9. The van der Waals surface area contributed by atoms with Crippen LogP contribution >= 0.6 is 7.14 Å². The van der Waals surface area contributed by atoms with Crippen molar-refractivity contribution in [1.29, 1.82) is 0 Å². The standard InChI is InChI=1S/C45H42N3OP/c1-34(37-19-7-4-8-20-37)46-31-40-25-13-16-28-43(40)50(49,44-29-17-14-26-41(44)32-47-35(2)38-21-9-5-10-22-38)45-30-18-15-27-42(45)33-48-36(3)39-23-11-6-12-24-39/h4-36H,1-3H3/t34-,35-,36-,50?/m0/s1. The number of hydrogen-bond acceptors (Lipinski definition) is 4. The van der Waals surface area contributed by atoms with Crippen molar-refractivity contribution >= 4 is 41.7 Å². The zero-order chi connectivity index (χ0) is 34.8. The predicted octanol–water partition coefficient (Wildman–Crippen LogP) is 9.87. The molecule has 6 aromatic carbocycles. The molecule has 4 nitrogen and oxygen atoms in total. The lowest BCUT2D eigenvalue weighted by molar-refractivity contribution is 0.592. The summed E-state index contributed by atoms with van der Waals surface area (Å²) < 4.78 is 16.4. The lowest BCUT2D eigenvalue weighted by Gasteiger charge is -2.25. The van der Waals surface area contributed by atoms with Crippen LogP contribution in [0.4, 0.5) is 0 Å². The molecule has 5 heteroatoms. The van der Waals surface area contributed by atoms with Crippen molar-refractivity contribution in [2.24, 2.45) is 15.0 Å². The second-order valence-electron chi connectivity index (χ2n) is 12.4. The van der Waals surface area contributed by atoms with Crippen molar-refractivity contribution in [3.05, 3.63) is 197 Å². The summed E-state index contributed by atoms with van der Waals surface area (Å²) in [6, 6.07) is 54.2. The Bertz CT molecular complexity index is 1900. The highest BCUT2D eigenvalue weighted by Crippen LogP contribution is 2.45.